The molecule has 18 N–H and O–H groups in total. The molecule has 0 saturated heterocycles. The van der Waals surface area contributed by atoms with Gasteiger partial charge in [0, 0.05) is 83.2 Å². The Morgan fingerprint density at radius 2 is 0.679 bits per heavy atom. The van der Waals surface area contributed by atoms with E-state index in [1.165, 1.54) is 43.5 Å². The highest BCUT2D eigenvalue weighted by Crippen LogP contribution is 2.16. The maximum Gasteiger partial charge on any atom is 0.237 e. The minimum Gasteiger partial charge on any atom is -0.379 e. The van der Waals surface area contributed by atoms with Crippen molar-refractivity contribution in [3.63, 3.8) is 0 Å². The Bertz CT molecular complexity index is 3660. The third-order valence-electron chi connectivity index (χ3n) is 10.8. The van der Waals surface area contributed by atoms with Crippen LogP contribution in [0.25, 0.3) is 0 Å². The summed E-state index contributed by atoms with van der Waals surface area (Å²) in [5, 5.41) is 48.5. The van der Waals surface area contributed by atoms with Gasteiger partial charge in [-0.2, -0.15) is 42.4 Å². The van der Waals surface area contributed by atoms with Crippen molar-refractivity contribution in [3.05, 3.63) is 215 Å². The molecule has 574 valence electrons. The lowest BCUT2D eigenvalue weighted by atomic mass is 10.2. The fourth-order valence-corrected chi connectivity index (χ4v) is 7.60. The van der Waals surface area contributed by atoms with E-state index in [1.54, 1.807) is 54.4 Å². The number of nitrogens with two attached hydrogens (primary N) is 6. The Morgan fingerprint density at radius 3 is 0.972 bits per heavy atom. The van der Waals surface area contributed by atoms with Crippen molar-refractivity contribution in [3.8, 4) is 0 Å². The molecule has 32 nitrogen and oxygen atoms in total. The number of ether oxygens (including phenoxy) is 1. The number of halogens is 6. The average Bonchev–Trinajstić information content (AvgIpc) is 0.954. The number of hydrogen-bond donors (Lipinski definition) is 12. The summed E-state index contributed by atoms with van der Waals surface area (Å²) in [7, 11) is 0. The molecular weight excluding hydrogens is 1510 g/mol. The lowest BCUT2D eigenvalue weighted by Gasteiger charge is -2.04. The Labute approximate surface area is 651 Å². The summed E-state index contributed by atoms with van der Waals surface area (Å²) in [6.45, 7) is 17.6. The number of benzene rings is 5. The second-order valence-electron chi connectivity index (χ2n) is 19.4. The molecule has 6 rings (SSSR count). The van der Waals surface area contributed by atoms with Crippen LogP contribution in [0.5, 0.6) is 0 Å². The Morgan fingerprint density at radius 1 is 0.377 bits per heavy atom. The number of aromatic nitrogens is 1. The van der Waals surface area contributed by atoms with Crippen molar-refractivity contribution in [1.29, 1.82) is 0 Å². The van der Waals surface area contributed by atoms with Gasteiger partial charge in [-0.25, -0.2) is 32.9 Å². The van der Waals surface area contributed by atoms with E-state index < -0.39 is 0 Å². The first-order valence-electron chi connectivity index (χ1n) is 31.8. The highest BCUT2D eigenvalue weighted by atomic mass is 35.5. The van der Waals surface area contributed by atoms with Crippen molar-refractivity contribution in [1.82, 2.24) is 37.9 Å². The SMILES string of the molecule is CC(C)=CCONC(N)=N/N=C/c1ccccc1Cl.CCCONC(N)=N/N=C/c1ccccc1Cl.CCOCCONC(N)=N/N=C/c1ccccc1Cl.CCONC(N)=N/N=C/c1ccccc1Cl.CCONC(N)=N/N=C/c1ccncc1Cl.CCSCCONC(N)=N/N=C/c1ccccc1Cl. The summed E-state index contributed by atoms with van der Waals surface area (Å²) in [6.07, 6.45) is 15.0. The minimum absolute atomic E-state index is 0.0554. The molecule has 0 fully saturated rings. The van der Waals surface area contributed by atoms with E-state index in [9.17, 15) is 0 Å². The van der Waals surface area contributed by atoms with Gasteiger partial charge in [-0.05, 0) is 83.2 Å². The molecule has 0 amide bonds. The molecule has 5 aromatic carbocycles. The van der Waals surface area contributed by atoms with Gasteiger partial charge < -0.3 is 39.1 Å². The zero-order chi connectivity index (χ0) is 78.1. The highest BCUT2D eigenvalue weighted by Gasteiger charge is 2.01. The summed E-state index contributed by atoms with van der Waals surface area (Å²) in [5.41, 5.74) is 53.4. The van der Waals surface area contributed by atoms with Crippen LogP contribution in [-0.2, 0) is 33.8 Å². The molecule has 1 aromatic heterocycles. The van der Waals surface area contributed by atoms with Crippen molar-refractivity contribution in [2.75, 3.05) is 64.4 Å². The van der Waals surface area contributed by atoms with E-state index in [4.69, 9.17) is 138 Å². The van der Waals surface area contributed by atoms with Crippen molar-refractivity contribution in [2.24, 2.45) is 95.6 Å². The van der Waals surface area contributed by atoms with Gasteiger partial charge in [0.15, 0.2) is 0 Å². The first-order valence-corrected chi connectivity index (χ1v) is 35.3. The van der Waals surface area contributed by atoms with Gasteiger partial charge in [0.2, 0.25) is 35.8 Å². The predicted molar refractivity (Wildman–Crippen MR) is 437 cm³/mol. The second-order valence-corrected chi connectivity index (χ2v) is 23.2. The fourth-order valence-electron chi connectivity index (χ4n) is 6.01. The molecule has 0 spiro atoms. The van der Waals surface area contributed by atoms with Crippen LogP contribution in [0.1, 0.15) is 88.3 Å². The highest BCUT2D eigenvalue weighted by molar-refractivity contribution is 7.99. The molecule has 0 aliphatic heterocycles. The van der Waals surface area contributed by atoms with E-state index in [-0.39, 0.29) is 35.8 Å². The number of allylic oxidation sites excluding steroid dienone is 1. The van der Waals surface area contributed by atoms with E-state index in [2.05, 4.69) is 106 Å². The molecule has 1 heterocycles. The van der Waals surface area contributed by atoms with E-state index >= 15 is 0 Å². The molecular formula is C67H91Cl6N25O7S. The van der Waals surface area contributed by atoms with E-state index in [0.29, 0.717) is 88.6 Å². The van der Waals surface area contributed by atoms with Crippen LogP contribution in [0.4, 0.5) is 0 Å². The standard InChI is InChI=1S/C13H17ClN4O.C12H17ClN4O2.C12H17ClN4OS.C11H15ClN4O.C10H13ClN4O.C9H12ClN5O/c1-10(2)7-8-19-18-13(15)17-16-9-11-5-3-4-6-12(11)14;1-2-18-7-8-19-17-12(14)16-15-9-10-5-3-4-6-11(10)13;1-2-19-8-7-18-17-12(14)16-15-9-10-5-3-4-6-11(10)13;1-2-7-17-16-11(13)15-14-8-9-5-3-4-6-10(9)12;1-2-16-15-10(12)14-13-7-8-5-3-4-6-9(8)11;1-2-16-15-9(11)14-13-5-7-3-4-12-6-8(7)10/h3-7,9H,8H2,1-2H3,(H3,15,17,18);2*3-6,9H,2,7-8H2,1H3,(H3,14,16,17);3-6,8H,2,7H2,1H3,(H3,13,15,16);3-7H,2H2,1H3,(H3,12,14,15);3-6H,2H2,1H3,(H3,11,14,15)/b16-9+;2*15-9+;14-8+;13-7+;13-5+. The summed E-state index contributed by atoms with van der Waals surface area (Å²) in [4.78, 5) is 33.6. The molecule has 39 heteroatoms. The average molecular weight is 1600 g/mol. The monoisotopic (exact) mass is 1600 g/mol. The predicted octanol–water partition coefficient (Wildman–Crippen LogP) is 10.7. The quantitative estimate of drug-likeness (QED) is 0.00613. The molecule has 0 radical (unpaired) electrons. The zero-order valence-corrected chi connectivity index (χ0v) is 64.8. The number of hydrogen-bond acceptors (Lipinski definition) is 21. The molecule has 0 saturated carbocycles. The van der Waals surface area contributed by atoms with Gasteiger partial charge in [-0.1, -0.05) is 186 Å². The van der Waals surface area contributed by atoms with E-state index in [0.717, 1.165) is 51.3 Å². The van der Waals surface area contributed by atoms with Crippen molar-refractivity contribution < 1.29 is 33.8 Å². The van der Waals surface area contributed by atoms with E-state index in [1.807, 2.05) is 139 Å². The van der Waals surface area contributed by atoms with Gasteiger partial charge in [0.1, 0.15) is 0 Å². The van der Waals surface area contributed by atoms with Crippen molar-refractivity contribution in [2.45, 2.75) is 54.9 Å². The normalized spacial score (nSPS) is 11.9. The van der Waals surface area contributed by atoms with Crippen molar-refractivity contribution >= 4 is 154 Å². The third kappa shape index (κ3) is 51.6. The van der Waals surface area contributed by atoms with Gasteiger partial charge in [0.05, 0.1) is 88.6 Å². The third-order valence-corrected chi connectivity index (χ3v) is 13.7. The van der Waals surface area contributed by atoms with Gasteiger partial charge in [0.25, 0.3) is 0 Å². The van der Waals surface area contributed by atoms with Gasteiger partial charge >= 0.3 is 0 Å². The minimum atomic E-state index is 0.0554. The molecule has 0 aliphatic rings. The number of nitrogens with one attached hydrogen (secondary N) is 6. The molecule has 106 heavy (non-hydrogen) atoms. The second kappa shape index (κ2) is 63.9. The first kappa shape index (κ1) is 94.5. The van der Waals surface area contributed by atoms with Crippen LogP contribution < -0.4 is 67.3 Å². The zero-order valence-electron chi connectivity index (χ0n) is 59.4. The van der Waals surface area contributed by atoms with Gasteiger partial charge in [-0.3, -0.25) is 34.0 Å². The number of pyridine rings is 1. The maximum absolute atomic E-state index is 5.96. The summed E-state index contributed by atoms with van der Waals surface area (Å²) in [5.74, 6) is 2.46. The Hall–Kier alpha value is -9.56. The molecule has 0 unspecified atom stereocenters. The van der Waals surface area contributed by atoms with Crippen LogP contribution in [0.2, 0.25) is 30.1 Å². The van der Waals surface area contributed by atoms with Crippen LogP contribution in [-0.4, -0.2) is 142 Å². The number of guanidine groups is 6. The topological polar surface area (TPSA) is 454 Å². The first-order chi connectivity index (χ1) is 51.3. The number of thioether (sulfide) groups is 1. The smallest absolute Gasteiger partial charge is 0.237 e. The summed E-state index contributed by atoms with van der Waals surface area (Å²) < 4.78 is 5.08. The van der Waals surface area contributed by atoms with Crippen LogP contribution in [0, 0.1) is 0 Å². The van der Waals surface area contributed by atoms with Crippen LogP contribution in [0.15, 0.2) is 213 Å². The lowest BCUT2D eigenvalue weighted by molar-refractivity contribution is 0.0246. The maximum atomic E-state index is 5.96. The number of nitrogens with zero attached hydrogens (tertiary/aromatic N) is 13. The van der Waals surface area contributed by atoms with Crippen LogP contribution >= 0.6 is 81.4 Å². The van der Waals surface area contributed by atoms with Crippen LogP contribution in [0.3, 0.4) is 0 Å². The Kier molecular flexibility index (Phi) is 56.9. The van der Waals surface area contributed by atoms with Gasteiger partial charge in [-0.15, -0.1) is 30.6 Å². The number of hydroxylamine groups is 6. The summed E-state index contributed by atoms with van der Waals surface area (Å²) >= 11 is 37.3. The number of rotatable bonds is 32. The molecule has 6 aromatic rings. The lowest BCUT2D eigenvalue weighted by Crippen LogP contribution is -2.32. The molecule has 0 atom stereocenters. The Balaban J connectivity index is 0.000000637. The largest absolute Gasteiger partial charge is 0.379 e. The fraction of sp³-hybridized carbons (Fsp3) is 0.269. The molecule has 0 bridgehead atoms. The summed E-state index contributed by atoms with van der Waals surface area (Å²) in [6, 6.07) is 38.3. The molecule has 0 aliphatic carbocycles.